The molecule has 0 bridgehead atoms. The Morgan fingerprint density at radius 2 is 1.92 bits per heavy atom. The van der Waals surface area contributed by atoms with Crippen LogP contribution in [0.15, 0.2) is 0 Å². The predicted molar refractivity (Wildman–Crippen MR) is 57.5 cm³/mol. The molecular formula is C8H20ClN3O. The van der Waals surface area contributed by atoms with E-state index in [1.807, 2.05) is 21.0 Å². The molecule has 2 N–H and O–H groups in total. The van der Waals surface area contributed by atoms with Crippen molar-refractivity contribution < 1.29 is 4.79 Å². The van der Waals surface area contributed by atoms with E-state index in [-0.39, 0.29) is 18.4 Å². The van der Waals surface area contributed by atoms with Gasteiger partial charge in [0.1, 0.15) is 0 Å². The van der Waals surface area contributed by atoms with E-state index >= 15 is 0 Å². The summed E-state index contributed by atoms with van der Waals surface area (Å²) in [5, 5.41) is 5.43. The van der Waals surface area contributed by atoms with Crippen LogP contribution in [0.5, 0.6) is 0 Å². The van der Waals surface area contributed by atoms with E-state index in [0.29, 0.717) is 6.54 Å². The second-order valence-corrected chi connectivity index (χ2v) is 2.94. The number of rotatable bonds is 5. The van der Waals surface area contributed by atoms with Crippen LogP contribution in [0, 0.1) is 0 Å². The quantitative estimate of drug-likeness (QED) is 0.655. The molecule has 0 aromatic carbocycles. The molecule has 80 valence electrons. The zero-order chi connectivity index (χ0) is 9.40. The molecule has 0 aliphatic carbocycles. The third-order valence-electron chi connectivity index (χ3n) is 1.40. The molecule has 0 spiro atoms. The first kappa shape index (κ1) is 15.0. The zero-order valence-corrected chi connectivity index (χ0v) is 9.41. The van der Waals surface area contributed by atoms with Gasteiger partial charge >= 0.3 is 6.03 Å². The Balaban J connectivity index is 0. The molecule has 0 aromatic heterocycles. The average molecular weight is 210 g/mol. The average Bonchev–Trinajstić information content (AvgIpc) is 1.98. The molecule has 0 radical (unpaired) electrons. The van der Waals surface area contributed by atoms with Gasteiger partial charge < -0.3 is 15.5 Å². The molecule has 0 unspecified atom stereocenters. The molecule has 0 fully saturated rings. The third-order valence-corrected chi connectivity index (χ3v) is 1.40. The summed E-state index contributed by atoms with van der Waals surface area (Å²) in [6.07, 6.45) is 0.990. The molecule has 0 atom stereocenters. The minimum Gasteiger partial charge on any atom is -0.338 e. The summed E-state index contributed by atoms with van der Waals surface area (Å²) < 4.78 is 0. The Hall–Kier alpha value is -0.480. The molecule has 13 heavy (non-hydrogen) atoms. The molecule has 2 amide bonds. The van der Waals surface area contributed by atoms with Crippen LogP contribution in [0.1, 0.15) is 13.3 Å². The molecule has 0 aliphatic rings. The molecule has 5 heteroatoms. The first-order valence-electron chi connectivity index (χ1n) is 4.33. The maximum absolute atomic E-state index is 10.9. The third kappa shape index (κ3) is 11.5. The lowest BCUT2D eigenvalue weighted by molar-refractivity contribution is 0.240. The van der Waals surface area contributed by atoms with Gasteiger partial charge in [-0.05, 0) is 34.0 Å². The first-order chi connectivity index (χ1) is 5.66. The number of nitrogens with one attached hydrogen (secondary N) is 2. The predicted octanol–water partition coefficient (Wildman–Crippen LogP) is 0.679. The van der Waals surface area contributed by atoms with Crippen molar-refractivity contribution in [3.63, 3.8) is 0 Å². The summed E-state index contributed by atoms with van der Waals surface area (Å²) >= 11 is 0. The van der Waals surface area contributed by atoms with Gasteiger partial charge in [-0.3, -0.25) is 0 Å². The fourth-order valence-electron chi connectivity index (χ4n) is 0.820. The summed E-state index contributed by atoms with van der Waals surface area (Å²) in [7, 11) is 4.04. The Bertz CT molecular complexity index is 131. The molecule has 4 nitrogen and oxygen atoms in total. The van der Waals surface area contributed by atoms with Gasteiger partial charge in [0.15, 0.2) is 0 Å². The summed E-state index contributed by atoms with van der Waals surface area (Å²) in [4.78, 5) is 12.9. The Kier molecular flexibility index (Phi) is 11.1. The van der Waals surface area contributed by atoms with Crippen LogP contribution in [0.25, 0.3) is 0 Å². The normalized spacial score (nSPS) is 9.23. The van der Waals surface area contributed by atoms with Gasteiger partial charge in [0, 0.05) is 13.1 Å². The van der Waals surface area contributed by atoms with Crippen LogP contribution >= 0.6 is 12.4 Å². The fraction of sp³-hybridized carbons (Fsp3) is 0.875. The number of amides is 2. The number of urea groups is 1. The molecule has 0 heterocycles. The van der Waals surface area contributed by atoms with Crippen LogP contribution in [-0.4, -0.2) is 44.7 Å². The van der Waals surface area contributed by atoms with Gasteiger partial charge in [0.05, 0.1) is 0 Å². The summed E-state index contributed by atoms with van der Waals surface area (Å²) in [5.74, 6) is 0. The van der Waals surface area contributed by atoms with Crippen molar-refractivity contribution in [2.45, 2.75) is 13.3 Å². The van der Waals surface area contributed by atoms with Crippen molar-refractivity contribution >= 4 is 18.4 Å². The molecule has 0 aliphatic heterocycles. The van der Waals surface area contributed by atoms with Gasteiger partial charge in [-0.1, -0.05) is 0 Å². The van der Waals surface area contributed by atoms with Crippen molar-refractivity contribution in [2.75, 3.05) is 33.7 Å². The van der Waals surface area contributed by atoms with E-state index in [9.17, 15) is 4.79 Å². The molecule has 0 aromatic rings. The van der Waals surface area contributed by atoms with E-state index in [1.54, 1.807) is 0 Å². The zero-order valence-electron chi connectivity index (χ0n) is 8.59. The first-order valence-corrected chi connectivity index (χ1v) is 4.33. The molecule has 0 rings (SSSR count). The molecule has 0 saturated heterocycles. The van der Waals surface area contributed by atoms with E-state index in [4.69, 9.17) is 0 Å². The van der Waals surface area contributed by atoms with Crippen LogP contribution in [0.2, 0.25) is 0 Å². The molecular weight excluding hydrogens is 190 g/mol. The SMILES string of the molecule is CCNC(=O)NCCCN(C)C.Cl. The van der Waals surface area contributed by atoms with Gasteiger partial charge in [0.2, 0.25) is 0 Å². The topological polar surface area (TPSA) is 44.4 Å². The highest BCUT2D eigenvalue weighted by atomic mass is 35.5. The van der Waals surface area contributed by atoms with Crippen molar-refractivity contribution in [1.29, 1.82) is 0 Å². The van der Waals surface area contributed by atoms with Crippen molar-refractivity contribution in [3.05, 3.63) is 0 Å². The summed E-state index contributed by atoms with van der Waals surface area (Å²) in [6.45, 7) is 4.33. The van der Waals surface area contributed by atoms with Crippen molar-refractivity contribution in [2.24, 2.45) is 0 Å². The van der Waals surface area contributed by atoms with Gasteiger partial charge in [0.25, 0.3) is 0 Å². The second kappa shape index (κ2) is 9.61. The smallest absolute Gasteiger partial charge is 0.314 e. The Morgan fingerprint density at radius 1 is 1.31 bits per heavy atom. The monoisotopic (exact) mass is 209 g/mol. The Morgan fingerprint density at radius 3 is 2.38 bits per heavy atom. The lowest BCUT2D eigenvalue weighted by Crippen LogP contribution is -2.36. The van der Waals surface area contributed by atoms with Gasteiger partial charge in [-0.25, -0.2) is 4.79 Å². The number of hydrogen-bond donors (Lipinski definition) is 2. The minimum absolute atomic E-state index is 0. The lowest BCUT2D eigenvalue weighted by atomic mass is 10.4. The summed E-state index contributed by atoms with van der Waals surface area (Å²) in [5.41, 5.74) is 0. The van der Waals surface area contributed by atoms with Gasteiger partial charge in [-0.2, -0.15) is 0 Å². The number of carbonyl (C=O) groups excluding carboxylic acids is 1. The van der Waals surface area contributed by atoms with Crippen LogP contribution in [0.3, 0.4) is 0 Å². The second-order valence-electron chi connectivity index (χ2n) is 2.94. The summed E-state index contributed by atoms with van der Waals surface area (Å²) in [6, 6.07) is -0.0729. The van der Waals surface area contributed by atoms with Crippen LogP contribution < -0.4 is 10.6 Å². The van der Waals surface area contributed by atoms with Crippen LogP contribution in [0.4, 0.5) is 4.79 Å². The minimum atomic E-state index is -0.0729. The van der Waals surface area contributed by atoms with Gasteiger partial charge in [-0.15, -0.1) is 12.4 Å². The van der Waals surface area contributed by atoms with Crippen molar-refractivity contribution in [3.8, 4) is 0 Å². The van der Waals surface area contributed by atoms with Crippen LogP contribution in [-0.2, 0) is 0 Å². The number of carbonyl (C=O) groups is 1. The van der Waals surface area contributed by atoms with Crippen molar-refractivity contribution in [1.82, 2.24) is 15.5 Å². The number of hydrogen-bond acceptors (Lipinski definition) is 2. The largest absolute Gasteiger partial charge is 0.338 e. The number of nitrogens with zero attached hydrogens (tertiary/aromatic N) is 1. The molecule has 0 saturated carbocycles. The highest BCUT2D eigenvalue weighted by Gasteiger charge is 1.95. The maximum Gasteiger partial charge on any atom is 0.314 e. The Labute approximate surface area is 86.5 Å². The van der Waals surface area contributed by atoms with E-state index in [2.05, 4.69) is 15.5 Å². The van der Waals surface area contributed by atoms with E-state index in [1.165, 1.54) is 0 Å². The lowest BCUT2D eigenvalue weighted by Gasteiger charge is -2.09. The highest BCUT2D eigenvalue weighted by Crippen LogP contribution is 1.80. The number of halogens is 1. The maximum atomic E-state index is 10.9. The standard InChI is InChI=1S/C8H19N3O.ClH/c1-4-9-8(12)10-6-5-7-11(2)3;/h4-7H2,1-3H3,(H2,9,10,12);1H. The van der Waals surface area contributed by atoms with E-state index < -0.39 is 0 Å². The fourth-order valence-corrected chi connectivity index (χ4v) is 0.820. The van der Waals surface area contributed by atoms with E-state index in [0.717, 1.165) is 19.5 Å². The highest BCUT2D eigenvalue weighted by molar-refractivity contribution is 5.85.